The lowest BCUT2D eigenvalue weighted by Gasteiger charge is -2.28. The largest absolute Gasteiger partial charge is 0.346 e. The van der Waals surface area contributed by atoms with Crippen molar-refractivity contribution in [1.29, 1.82) is 0 Å². The van der Waals surface area contributed by atoms with Crippen LogP contribution >= 0.6 is 23.2 Å². The van der Waals surface area contributed by atoms with Gasteiger partial charge in [0.15, 0.2) is 0 Å². The molecule has 0 N–H and O–H groups in total. The Balaban J connectivity index is 2.88. The van der Waals surface area contributed by atoms with E-state index in [0.717, 1.165) is 0 Å². The maximum absolute atomic E-state index is 13.7. The molecule has 0 aromatic heterocycles. The Bertz CT molecular complexity index is 227. The Kier molecular flexibility index (Phi) is 3.16. The van der Waals surface area contributed by atoms with Crippen molar-refractivity contribution in [3.63, 3.8) is 0 Å². The molecule has 12 heavy (non-hydrogen) atoms. The third kappa shape index (κ3) is 1.82. The second-order valence-electron chi connectivity index (χ2n) is 2.55. The van der Waals surface area contributed by atoms with Crippen molar-refractivity contribution in [3.8, 4) is 0 Å². The number of halogens is 3. The number of allylic oxidation sites excluding steroid dienone is 2. The van der Waals surface area contributed by atoms with Gasteiger partial charge in [0, 0.05) is 18.0 Å². The molecule has 0 bridgehead atoms. The fourth-order valence-electron chi connectivity index (χ4n) is 1.05. The Morgan fingerprint density at radius 2 is 2.42 bits per heavy atom. The van der Waals surface area contributed by atoms with E-state index in [4.69, 9.17) is 23.2 Å². The topological polar surface area (TPSA) is 9.23 Å². The van der Waals surface area contributed by atoms with Crippen LogP contribution in [0.1, 0.15) is 0 Å². The normalized spacial score (nSPS) is 35.0. The van der Waals surface area contributed by atoms with Crippen molar-refractivity contribution in [2.24, 2.45) is 5.92 Å². The predicted molar refractivity (Wildman–Crippen MR) is 48.1 cm³/mol. The molecule has 2 atom stereocenters. The summed E-state index contributed by atoms with van der Waals surface area (Å²) >= 11 is 11.2. The highest BCUT2D eigenvalue weighted by atomic mass is 35.5. The summed E-state index contributed by atoms with van der Waals surface area (Å²) in [5, 5.41) is 0.334. The van der Waals surface area contributed by atoms with Crippen molar-refractivity contribution in [2.45, 2.75) is 5.85 Å². The summed E-state index contributed by atoms with van der Waals surface area (Å²) in [4.78, 5) is 0. The van der Waals surface area contributed by atoms with Crippen LogP contribution in [0.2, 0.25) is 0 Å². The molecule has 0 fully saturated rings. The predicted octanol–water partition coefficient (Wildman–Crippen LogP) is 2.85. The standard InChI is InChI=1S/C8H9Cl2FO/c1-12-8(11)4-7(10)3-2-6(8)5-9/h2-4,6H,5H2,1H3. The Morgan fingerprint density at radius 3 is 2.92 bits per heavy atom. The first-order valence-electron chi connectivity index (χ1n) is 3.49. The Hall–Kier alpha value is -0.0500. The van der Waals surface area contributed by atoms with Gasteiger partial charge in [0.2, 0.25) is 5.85 Å². The first kappa shape index (κ1) is 10.0. The van der Waals surface area contributed by atoms with Gasteiger partial charge in [0.1, 0.15) is 0 Å². The molecule has 0 aromatic rings. The molecule has 0 saturated heterocycles. The first-order valence-corrected chi connectivity index (χ1v) is 4.40. The van der Waals surface area contributed by atoms with Gasteiger partial charge in [0.05, 0.1) is 5.92 Å². The van der Waals surface area contributed by atoms with E-state index in [-0.39, 0.29) is 5.88 Å². The van der Waals surface area contributed by atoms with Crippen molar-refractivity contribution in [1.82, 2.24) is 0 Å². The zero-order chi connectivity index (χ0) is 9.19. The lowest BCUT2D eigenvalue weighted by atomic mass is 9.97. The van der Waals surface area contributed by atoms with Crippen molar-refractivity contribution in [2.75, 3.05) is 13.0 Å². The fraction of sp³-hybridized carbons (Fsp3) is 0.500. The minimum Gasteiger partial charge on any atom is -0.346 e. The molecule has 1 aliphatic rings. The van der Waals surface area contributed by atoms with Gasteiger partial charge < -0.3 is 4.74 Å². The van der Waals surface area contributed by atoms with Crippen LogP contribution in [0.4, 0.5) is 4.39 Å². The summed E-state index contributed by atoms with van der Waals surface area (Å²) < 4.78 is 18.4. The van der Waals surface area contributed by atoms with E-state index in [1.54, 1.807) is 12.2 Å². The molecule has 2 unspecified atom stereocenters. The molecule has 0 radical (unpaired) electrons. The van der Waals surface area contributed by atoms with E-state index >= 15 is 0 Å². The van der Waals surface area contributed by atoms with Crippen molar-refractivity contribution < 1.29 is 9.13 Å². The van der Waals surface area contributed by atoms with Crippen molar-refractivity contribution >= 4 is 23.2 Å². The molecule has 68 valence electrons. The smallest absolute Gasteiger partial charge is 0.237 e. The number of ether oxygens (including phenoxy) is 1. The maximum Gasteiger partial charge on any atom is 0.237 e. The van der Waals surface area contributed by atoms with E-state index in [1.165, 1.54) is 13.2 Å². The van der Waals surface area contributed by atoms with Crippen LogP contribution in [0.5, 0.6) is 0 Å². The summed E-state index contributed by atoms with van der Waals surface area (Å²) in [5.74, 6) is -2.15. The second kappa shape index (κ2) is 3.77. The van der Waals surface area contributed by atoms with Gasteiger partial charge >= 0.3 is 0 Å². The van der Waals surface area contributed by atoms with E-state index in [0.29, 0.717) is 5.03 Å². The zero-order valence-electron chi connectivity index (χ0n) is 6.56. The summed E-state index contributed by atoms with van der Waals surface area (Å²) in [5.41, 5.74) is 0. The van der Waals surface area contributed by atoms with E-state index in [9.17, 15) is 4.39 Å². The molecule has 0 amide bonds. The highest BCUT2D eigenvalue weighted by Gasteiger charge is 2.37. The van der Waals surface area contributed by atoms with Crippen LogP contribution in [-0.4, -0.2) is 18.8 Å². The van der Waals surface area contributed by atoms with Crippen LogP contribution in [-0.2, 0) is 4.74 Å². The number of hydrogen-bond donors (Lipinski definition) is 0. The zero-order valence-corrected chi connectivity index (χ0v) is 8.07. The molecule has 0 spiro atoms. The Labute approximate surface area is 80.8 Å². The minimum absolute atomic E-state index is 0.168. The summed E-state index contributed by atoms with van der Waals surface area (Å²) in [6, 6.07) is 0. The van der Waals surface area contributed by atoms with Crippen LogP contribution in [0.3, 0.4) is 0 Å². The monoisotopic (exact) mass is 210 g/mol. The van der Waals surface area contributed by atoms with Crippen molar-refractivity contribution in [3.05, 3.63) is 23.3 Å². The van der Waals surface area contributed by atoms with E-state index in [1.807, 2.05) is 0 Å². The van der Waals surface area contributed by atoms with Gasteiger partial charge in [-0.15, -0.1) is 11.6 Å². The molecule has 1 rings (SSSR count). The summed E-state index contributed by atoms with van der Waals surface area (Å²) in [6.45, 7) is 0. The number of methoxy groups -OCH3 is 1. The van der Waals surface area contributed by atoms with Gasteiger partial charge in [-0.05, 0) is 12.2 Å². The number of alkyl halides is 2. The first-order chi connectivity index (χ1) is 5.62. The second-order valence-corrected chi connectivity index (χ2v) is 3.30. The number of hydrogen-bond acceptors (Lipinski definition) is 1. The summed E-state index contributed by atoms with van der Waals surface area (Å²) in [7, 11) is 1.29. The number of rotatable bonds is 2. The Morgan fingerprint density at radius 1 is 1.75 bits per heavy atom. The molecule has 4 heteroatoms. The van der Waals surface area contributed by atoms with Crippen LogP contribution in [0.15, 0.2) is 23.3 Å². The van der Waals surface area contributed by atoms with Gasteiger partial charge in [-0.1, -0.05) is 17.7 Å². The lowest BCUT2D eigenvalue weighted by molar-refractivity contribution is -0.105. The molecular weight excluding hydrogens is 202 g/mol. The van der Waals surface area contributed by atoms with Gasteiger partial charge in [0.25, 0.3) is 0 Å². The maximum atomic E-state index is 13.7. The van der Waals surface area contributed by atoms with Crippen LogP contribution in [0, 0.1) is 5.92 Å². The third-order valence-electron chi connectivity index (χ3n) is 1.81. The molecule has 0 aliphatic heterocycles. The molecule has 0 heterocycles. The van der Waals surface area contributed by atoms with Gasteiger partial charge in [-0.25, -0.2) is 4.39 Å². The van der Waals surface area contributed by atoms with E-state index < -0.39 is 11.8 Å². The minimum atomic E-state index is -1.85. The van der Waals surface area contributed by atoms with E-state index in [2.05, 4.69) is 4.74 Å². The summed E-state index contributed by atoms with van der Waals surface area (Å²) in [6.07, 6.45) is 4.45. The highest BCUT2D eigenvalue weighted by Crippen LogP contribution is 2.33. The SMILES string of the molecule is COC1(F)C=C(Cl)C=CC1CCl. The van der Waals surface area contributed by atoms with Crippen LogP contribution < -0.4 is 0 Å². The molecule has 0 aromatic carbocycles. The molecular formula is C8H9Cl2FO. The molecule has 0 saturated carbocycles. The molecule has 1 aliphatic carbocycles. The third-order valence-corrected chi connectivity index (χ3v) is 2.37. The van der Waals surface area contributed by atoms with Gasteiger partial charge in [-0.2, -0.15) is 0 Å². The van der Waals surface area contributed by atoms with Gasteiger partial charge in [-0.3, -0.25) is 0 Å². The molecule has 1 nitrogen and oxygen atoms in total. The lowest BCUT2D eigenvalue weighted by Crippen LogP contribution is -2.34. The average Bonchev–Trinajstić information content (AvgIpc) is 2.05. The highest BCUT2D eigenvalue weighted by molar-refractivity contribution is 6.31. The quantitative estimate of drug-likeness (QED) is 0.638. The fourth-order valence-corrected chi connectivity index (χ4v) is 1.58. The van der Waals surface area contributed by atoms with Crippen LogP contribution in [0.25, 0.3) is 0 Å². The average molecular weight is 211 g/mol.